The van der Waals surface area contributed by atoms with Gasteiger partial charge in [-0.05, 0) is 54.4 Å². The average molecular weight is 669 g/mol. The topological polar surface area (TPSA) is 86.8 Å². The second-order valence-electron chi connectivity index (χ2n) is 9.74. The van der Waals surface area contributed by atoms with E-state index in [1.54, 1.807) is 36.4 Å². The van der Waals surface area contributed by atoms with Crippen LogP contribution in [0.15, 0.2) is 112 Å². The Labute approximate surface area is 260 Å². The summed E-state index contributed by atoms with van der Waals surface area (Å²) >= 11 is 9.92. The highest BCUT2D eigenvalue weighted by Crippen LogP contribution is 2.31. The maximum absolute atomic E-state index is 14.3. The Balaban J connectivity index is 1.79. The Morgan fingerprint density at radius 3 is 2.10 bits per heavy atom. The number of rotatable bonds is 11. The number of hydrogen-bond acceptors (Lipinski definition) is 4. The van der Waals surface area contributed by atoms with Gasteiger partial charge in [-0.2, -0.15) is 0 Å². The third-order valence-electron chi connectivity index (χ3n) is 6.79. The van der Waals surface area contributed by atoms with Gasteiger partial charge in [-0.25, -0.2) is 8.42 Å². The number of carbonyl (C=O) groups is 2. The highest BCUT2D eigenvalue weighted by atomic mass is 79.9. The lowest BCUT2D eigenvalue weighted by Crippen LogP contribution is -2.53. The Bertz CT molecular complexity index is 1630. The summed E-state index contributed by atoms with van der Waals surface area (Å²) in [6, 6.07) is 28.7. The zero-order chi connectivity index (χ0) is 30.3. The number of halogens is 2. The molecule has 0 saturated heterocycles. The van der Waals surface area contributed by atoms with Crippen LogP contribution in [0.5, 0.6) is 0 Å². The molecule has 4 rings (SSSR count). The predicted molar refractivity (Wildman–Crippen MR) is 170 cm³/mol. The second-order valence-corrected chi connectivity index (χ2v) is 12.9. The molecule has 7 nitrogen and oxygen atoms in total. The lowest BCUT2D eigenvalue weighted by atomic mass is 10.0. The molecule has 1 N–H and O–H groups in total. The van der Waals surface area contributed by atoms with Crippen LogP contribution in [0.25, 0.3) is 0 Å². The van der Waals surface area contributed by atoms with Crippen molar-refractivity contribution in [1.29, 1.82) is 0 Å². The second kappa shape index (κ2) is 14.0. The molecule has 1 unspecified atom stereocenters. The number of hydrogen-bond donors (Lipinski definition) is 1. The van der Waals surface area contributed by atoms with Crippen LogP contribution in [0.4, 0.5) is 5.69 Å². The standard InChI is InChI=1S/C32H31BrClN3O4S/c1-23-12-18-27(19-13-23)42(40,41)37(29-11-7-6-10-28(29)34)22-31(38)36(21-25-14-16-26(33)17-15-25)30(32(39)35-2)20-24-8-4-3-5-9-24/h3-19,30H,20-22H2,1-2H3,(H,35,39). The van der Waals surface area contributed by atoms with Gasteiger partial charge in [0.25, 0.3) is 10.0 Å². The van der Waals surface area contributed by atoms with E-state index in [9.17, 15) is 18.0 Å². The maximum Gasteiger partial charge on any atom is 0.264 e. The van der Waals surface area contributed by atoms with Gasteiger partial charge in [0.1, 0.15) is 12.6 Å². The fourth-order valence-electron chi connectivity index (χ4n) is 4.51. The molecule has 218 valence electrons. The Kier molecular flexibility index (Phi) is 10.4. The highest BCUT2D eigenvalue weighted by Gasteiger charge is 2.35. The first-order valence-corrected chi connectivity index (χ1v) is 15.8. The molecule has 0 bridgehead atoms. The fraction of sp³-hybridized carbons (Fsp3) is 0.188. The summed E-state index contributed by atoms with van der Waals surface area (Å²) in [5, 5.41) is 2.85. The maximum atomic E-state index is 14.3. The monoisotopic (exact) mass is 667 g/mol. The lowest BCUT2D eigenvalue weighted by Gasteiger charge is -2.33. The van der Waals surface area contributed by atoms with Crippen molar-refractivity contribution in [2.45, 2.75) is 30.8 Å². The summed E-state index contributed by atoms with van der Waals surface area (Å²) in [4.78, 5) is 29.0. The molecule has 10 heteroatoms. The molecule has 0 radical (unpaired) electrons. The zero-order valence-corrected chi connectivity index (χ0v) is 26.4. The zero-order valence-electron chi connectivity index (χ0n) is 23.2. The molecule has 1 atom stereocenters. The first kappa shape index (κ1) is 31.3. The largest absolute Gasteiger partial charge is 0.357 e. The molecule has 0 saturated carbocycles. The summed E-state index contributed by atoms with van der Waals surface area (Å²) < 4.78 is 29.9. The normalized spacial score (nSPS) is 11.9. The predicted octanol–water partition coefficient (Wildman–Crippen LogP) is 5.99. The first-order chi connectivity index (χ1) is 20.1. The molecule has 0 aliphatic heterocycles. The van der Waals surface area contributed by atoms with Gasteiger partial charge in [-0.15, -0.1) is 0 Å². The van der Waals surface area contributed by atoms with E-state index in [2.05, 4.69) is 21.2 Å². The summed E-state index contributed by atoms with van der Waals surface area (Å²) in [6.45, 7) is 1.37. The van der Waals surface area contributed by atoms with Gasteiger partial charge in [0, 0.05) is 24.5 Å². The van der Waals surface area contributed by atoms with E-state index in [1.807, 2.05) is 61.5 Å². The quantitative estimate of drug-likeness (QED) is 0.213. The lowest BCUT2D eigenvalue weighted by molar-refractivity contribution is -0.139. The van der Waals surface area contributed by atoms with Gasteiger partial charge in [0.2, 0.25) is 11.8 Å². The molecule has 0 aliphatic carbocycles. The minimum Gasteiger partial charge on any atom is -0.357 e. The van der Waals surface area contributed by atoms with Crippen molar-refractivity contribution in [3.63, 3.8) is 0 Å². The van der Waals surface area contributed by atoms with Gasteiger partial charge in [-0.3, -0.25) is 13.9 Å². The molecule has 0 heterocycles. The fourth-order valence-corrected chi connectivity index (χ4v) is 6.50. The van der Waals surface area contributed by atoms with E-state index >= 15 is 0 Å². The number of para-hydroxylation sites is 1. The van der Waals surface area contributed by atoms with E-state index in [-0.39, 0.29) is 34.5 Å². The number of likely N-dealkylation sites (N-methyl/N-ethyl adjacent to an activating group) is 1. The molecular formula is C32H31BrClN3O4S. The van der Waals surface area contributed by atoms with E-state index < -0.39 is 28.5 Å². The molecule has 0 fully saturated rings. The van der Waals surface area contributed by atoms with Crippen LogP contribution in [-0.4, -0.2) is 44.8 Å². The summed E-state index contributed by atoms with van der Waals surface area (Å²) in [6.07, 6.45) is 0.236. The van der Waals surface area contributed by atoms with Gasteiger partial charge in [-0.1, -0.05) is 99.8 Å². The van der Waals surface area contributed by atoms with Gasteiger partial charge < -0.3 is 10.2 Å². The Morgan fingerprint density at radius 2 is 1.48 bits per heavy atom. The number of benzene rings is 4. The van der Waals surface area contributed by atoms with E-state index in [0.717, 1.165) is 25.5 Å². The van der Waals surface area contributed by atoms with Crippen molar-refractivity contribution in [3.05, 3.63) is 129 Å². The van der Waals surface area contributed by atoms with Crippen molar-refractivity contribution in [1.82, 2.24) is 10.2 Å². The smallest absolute Gasteiger partial charge is 0.264 e. The van der Waals surface area contributed by atoms with Crippen LogP contribution >= 0.6 is 27.5 Å². The third-order valence-corrected chi connectivity index (χ3v) is 9.41. The van der Waals surface area contributed by atoms with Crippen molar-refractivity contribution in [2.24, 2.45) is 0 Å². The number of nitrogens with one attached hydrogen (secondary N) is 1. The third kappa shape index (κ3) is 7.59. The van der Waals surface area contributed by atoms with E-state index in [1.165, 1.54) is 24.1 Å². The number of anilines is 1. The van der Waals surface area contributed by atoms with Crippen LogP contribution in [0.2, 0.25) is 5.02 Å². The molecule has 2 amide bonds. The SMILES string of the molecule is CNC(=O)C(Cc1ccccc1)N(Cc1ccc(Br)cc1)C(=O)CN(c1ccccc1Cl)S(=O)(=O)c1ccc(C)cc1. The van der Waals surface area contributed by atoms with Crippen LogP contribution in [-0.2, 0) is 32.6 Å². The number of sulfonamides is 1. The number of carbonyl (C=O) groups excluding carboxylic acids is 2. The van der Waals surface area contributed by atoms with Gasteiger partial charge in [0.15, 0.2) is 0 Å². The van der Waals surface area contributed by atoms with Crippen molar-refractivity contribution in [2.75, 3.05) is 17.9 Å². The number of aryl methyl sites for hydroxylation is 1. The van der Waals surface area contributed by atoms with Crippen molar-refractivity contribution >= 4 is 55.1 Å². The van der Waals surface area contributed by atoms with Crippen LogP contribution < -0.4 is 9.62 Å². The minimum atomic E-state index is -4.22. The van der Waals surface area contributed by atoms with E-state index in [0.29, 0.717) is 0 Å². The van der Waals surface area contributed by atoms with Gasteiger partial charge >= 0.3 is 0 Å². The minimum absolute atomic E-state index is 0.0208. The summed E-state index contributed by atoms with van der Waals surface area (Å²) in [5.41, 5.74) is 2.69. The van der Waals surface area contributed by atoms with Crippen molar-refractivity contribution < 1.29 is 18.0 Å². The average Bonchev–Trinajstić information content (AvgIpc) is 2.99. The molecule has 4 aromatic rings. The molecular weight excluding hydrogens is 638 g/mol. The molecule has 0 aromatic heterocycles. The highest BCUT2D eigenvalue weighted by molar-refractivity contribution is 9.10. The number of amides is 2. The summed E-state index contributed by atoms with van der Waals surface area (Å²) in [5.74, 6) is -0.923. The molecule has 42 heavy (non-hydrogen) atoms. The van der Waals surface area contributed by atoms with Gasteiger partial charge in [0.05, 0.1) is 15.6 Å². The molecule has 4 aromatic carbocycles. The van der Waals surface area contributed by atoms with Crippen LogP contribution in [0.1, 0.15) is 16.7 Å². The van der Waals surface area contributed by atoms with Crippen molar-refractivity contribution in [3.8, 4) is 0 Å². The Hall–Kier alpha value is -3.66. The Morgan fingerprint density at radius 1 is 0.857 bits per heavy atom. The summed E-state index contributed by atoms with van der Waals surface area (Å²) in [7, 11) is -2.70. The molecule has 0 spiro atoms. The molecule has 0 aliphatic rings. The first-order valence-electron chi connectivity index (χ1n) is 13.2. The van der Waals surface area contributed by atoms with E-state index in [4.69, 9.17) is 11.6 Å². The van der Waals surface area contributed by atoms with Crippen LogP contribution in [0.3, 0.4) is 0 Å². The number of nitrogens with zero attached hydrogens (tertiary/aromatic N) is 2. The van der Waals surface area contributed by atoms with Crippen LogP contribution in [0, 0.1) is 6.92 Å².